The van der Waals surface area contributed by atoms with Crippen molar-refractivity contribution in [2.45, 2.75) is 132 Å². The summed E-state index contributed by atoms with van der Waals surface area (Å²) in [5.41, 5.74) is -4.97. The lowest BCUT2D eigenvalue weighted by Crippen LogP contribution is -2.46. The van der Waals surface area contributed by atoms with Gasteiger partial charge in [-0.25, -0.2) is 37.7 Å². The summed E-state index contributed by atoms with van der Waals surface area (Å²) in [7, 11) is -22.8. The van der Waals surface area contributed by atoms with Gasteiger partial charge in [0.25, 0.3) is 0 Å². The molecule has 46 nitrogen and oxygen atoms in total. The molecule has 12 aliphatic heterocycles. The first-order valence-corrected chi connectivity index (χ1v) is 47.6. The van der Waals surface area contributed by atoms with Crippen LogP contribution in [0.2, 0.25) is 0 Å². The minimum atomic E-state index is -4.88. The molecular weight excluding hydrogens is 1800 g/mol. The Hall–Kier alpha value is -8.04. The van der Waals surface area contributed by atoms with Gasteiger partial charge in [0.15, 0.2) is 0 Å². The van der Waals surface area contributed by atoms with Gasteiger partial charge in [0.05, 0.1) is 110 Å². The quantitative estimate of drug-likeness (QED) is 0.00759. The number of esters is 5. The van der Waals surface area contributed by atoms with E-state index >= 15 is 0 Å². The fraction of sp³-hybridized carbons (Fsp3) is 0.592. The van der Waals surface area contributed by atoms with Crippen LogP contribution in [0.15, 0.2) is 109 Å². The van der Waals surface area contributed by atoms with Crippen LogP contribution in [0.25, 0.3) is 0 Å². The van der Waals surface area contributed by atoms with Crippen LogP contribution >= 0.6 is 38.7 Å². The van der Waals surface area contributed by atoms with Crippen LogP contribution in [-0.4, -0.2) is 309 Å². The Kier molecular flexibility index (Phi) is 32.6. The highest BCUT2D eigenvalue weighted by Gasteiger charge is 2.74. The number of likely N-dealkylation sites (tertiary alicyclic amines) is 4. The molecular formula is C76H101N4O42P5. The van der Waals surface area contributed by atoms with Crippen LogP contribution in [0.3, 0.4) is 0 Å². The summed E-state index contributed by atoms with van der Waals surface area (Å²) in [6.07, 6.45) is 9.13. The highest BCUT2D eigenvalue weighted by Crippen LogP contribution is 2.60. The molecule has 0 aromatic rings. The number of fused-ring (bicyclic) bond motifs is 20. The number of ether oxygens (including phenoxy) is 11. The Morgan fingerprint density at radius 1 is 0.370 bits per heavy atom. The predicted octanol–water partition coefficient (Wildman–Crippen LogP) is 0.571. The first kappa shape index (κ1) is 103. The Morgan fingerprint density at radius 2 is 0.661 bits per heavy atom. The minimum absolute atomic E-state index is 0.00620. The number of phosphoric acid groups is 3. The molecule has 127 heavy (non-hydrogen) atoms. The normalized spacial score (nSPS) is 29.3. The molecule has 8 saturated heterocycles. The topological polar surface area (TPSA) is 652 Å². The van der Waals surface area contributed by atoms with E-state index in [2.05, 4.69) is 46.5 Å². The summed E-state index contributed by atoms with van der Waals surface area (Å²) in [4.78, 5) is 255. The molecule has 16 unspecified atom stereocenters. The maximum atomic E-state index is 13.2. The second-order valence-corrected chi connectivity index (χ2v) is 39.3. The lowest BCUT2D eigenvalue weighted by Gasteiger charge is -2.30. The van der Waals surface area contributed by atoms with Gasteiger partial charge in [0.2, 0.25) is 47.3 Å². The van der Waals surface area contributed by atoms with E-state index in [9.17, 15) is 85.2 Å². The van der Waals surface area contributed by atoms with E-state index in [1.54, 1.807) is 48.6 Å². The van der Waals surface area contributed by atoms with Gasteiger partial charge in [-0.1, -0.05) is 70.2 Å². The zero-order chi connectivity index (χ0) is 94.6. The molecule has 0 aromatic carbocycles. The third-order valence-electron chi connectivity index (χ3n) is 22.3. The molecule has 8 bridgehead atoms. The lowest BCUT2D eigenvalue weighted by molar-refractivity contribution is -0.158. The number of phosphoric ester groups is 3. The van der Waals surface area contributed by atoms with Crippen molar-refractivity contribution in [3.05, 3.63) is 109 Å². The van der Waals surface area contributed by atoms with Crippen LogP contribution in [-0.2, 0) is 151 Å². The van der Waals surface area contributed by atoms with E-state index in [0.29, 0.717) is 6.42 Å². The van der Waals surface area contributed by atoms with Gasteiger partial charge in [-0.05, 0) is 85.0 Å². The summed E-state index contributed by atoms with van der Waals surface area (Å²) < 4.78 is 128. The minimum Gasteiger partial charge on any atom is -0.459 e. The Bertz CT molecular complexity index is 4780. The number of hydrogen-bond donors (Lipinski definition) is 10. The van der Waals surface area contributed by atoms with Gasteiger partial charge in [-0.3, -0.25) is 80.7 Å². The number of amides is 8. The van der Waals surface area contributed by atoms with E-state index in [-0.39, 0.29) is 133 Å². The highest BCUT2D eigenvalue weighted by molar-refractivity contribution is 7.52. The molecule has 0 aromatic heterocycles. The van der Waals surface area contributed by atoms with Gasteiger partial charge in [0, 0.05) is 60.7 Å². The number of carbonyl (C=O) groups is 13. The van der Waals surface area contributed by atoms with E-state index in [1.165, 1.54) is 34.6 Å². The van der Waals surface area contributed by atoms with Crippen molar-refractivity contribution in [3.63, 3.8) is 0 Å². The summed E-state index contributed by atoms with van der Waals surface area (Å²) >= 11 is 0. The standard InChI is InChI=1S/C23H30NO12P.C19H27NO14P2.C18H24NO8P.C16H20NO8P/c1-13(2)21(27)32-10-15(11-33-22(28)14(3)4)34-12-23-7-6-16(36-23)17-18(23)20(26)24(19(17)25)8-5-9-35-37(29,30)31;1-11(2)18(23)31-10-19-5-4-13(34-19)14-15(19)17(22)20(16(14)21)6-3-7-30-12(8-32-35(24,25)26)9-33-36(27,28)29;1-4-17-6-7-18(27-17,10-26-16(22)11(2)3)13-12(17)14(20)19(15(13)21)8-5-9-28(23,24)25;1-9(2)15(20)24-8-16-5-4-10(25-16)11-12(16)14(19)17(13(11)18)6-3-7-26(21,22)23/h6-7,15-18H,1,3,5,8-12H2,2,4H3,(H2,29,30,31);4-5,12-15H,1,3,6-10H2,2H3,(H2,24,25,26)(H2,27,28,29);6-7,12-13H,2,4-5,8-10H2,1,3H3,(H2,23,24,25);4-5,10-12H,1,3,6-8H2,2H3,(H2,21,22,23). The Morgan fingerprint density at radius 3 is 1.00 bits per heavy atom. The maximum Gasteiger partial charge on any atom is 0.469 e. The summed E-state index contributed by atoms with van der Waals surface area (Å²) in [6.45, 7) is 23.1. The Labute approximate surface area is 725 Å². The molecule has 16 atom stereocenters. The zero-order valence-electron chi connectivity index (χ0n) is 69.6. The number of carbonyl (C=O) groups excluding carboxylic acids is 13. The van der Waals surface area contributed by atoms with E-state index in [1.807, 2.05) is 6.92 Å². The molecule has 51 heteroatoms. The SMILES string of the molecule is C=C(C)C(=O)OCC(COC(=O)C(=C)C)OCC12C=CC(O1)C1C(=O)N(CCCOP(=O)(O)O)C(=O)C12.C=C(C)C(=O)OCC12C=CC(CC)(O1)C1C(=O)N(CCCP(=O)(O)O)C(=O)C12.C=C(C)C(=O)OCC12C=CC(O1)C1C(=O)N(CCCOC(COP(=O)(O)O)COP(=O)(O)O)C(=O)C12.C=C(C)C(=O)OCC12C=CC(O1)C1C(=O)N(CCCP(=O)(O)O)C(=O)C12. The summed E-state index contributed by atoms with van der Waals surface area (Å²) in [6, 6.07) is 0. The largest absolute Gasteiger partial charge is 0.469 e. The summed E-state index contributed by atoms with van der Waals surface area (Å²) in [5, 5.41) is 0. The van der Waals surface area contributed by atoms with Crippen molar-refractivity contribution in [3.8, 4) is 0 Å². The van der Waals surface area contributed by atoms with Gasteiger partial charge in [-0.2, -0.15) is 0 Å². The molecule has 10 N–H and O–H groups in total. The molecule has 0 spiro atoms. The molecule has 0 aliphatic carbocycles. The van der Waals surface area contributed by atoms with Crippen LogP contribution in [0, 0.1) is 47.3 Å². The van der Waals surface area contributed by atoms with Crippen molar-refractivity contribution in [1.29, 1.82) is 0 Å². The van der Waals surface area contributed by atoms with E-state index in [4.69, 9.17) is 101 Å². The third kappa shape index (κ3) is 23.8. The predicted molar refractivity (Wildman–Crippen MR) is 426 cm³/mol. The molecule has 8 amide bonds. The number of imide groups is 4. The first-order chi connectivity index (χ1) is 58.9. The maximum absolute atomic E-state index is 13.2. The average Bonchev–Trinajstić information content (AvgIpc) is 1.51. The molecule has 12 heterocycles. The van der Waals surface area contributed by atoms with Crippen molar-refractivity contribution >= 4 is 116 Å². The average molecular weight is 1900 g/mol. The molecule has 8 fully saturated rings. The number of nitrogens with zero attached hydrogens (tertiary/aromatic N) is 4. The van der Waals surface area contributed by atoms with Gasteiger partial charge < -0.3 is 101 Å². The molecule has 0 radical (unpaired) electrons. The second kappa shape index (κ2) is 40.4. The highest BCUT2D eigenvalue weighted by atomic mass is 31.2. The fourth-order valence-electron chi connectivity index (χ4n) is 16.5. The molecule has 12 aliphatic rings. The van der Waals surface area contributed by atoms with E-state index < -0.39 is 247 Å². The smallest absolute Gasteiger partial charge is 0.459 e. The first-order valence-electron chi connectivity index (χ1n) is 39.4. The van der Waals surface area contributed by atoms with Gasteiger partial charge in [-0.15, -0.1) is 0 Å². The van der Waals surface area contributed by atoms with Crippen molar-refractivity contribution in [1.82, 2.24) is 19.6 Å². The number of rotatable bonds is 43. The van der Waals surface area contributed by atoms with E-state index in [0.717, 1.165) is 19.6 Å². The van der Waals surface area contributed by atoms with Crippen molar-refractivity contribution in [2.75, 3.05) is 105 Å². The fourth-order valence-corrected chi connectivity index (χ4v) is 18.7. The van der Waals surface area contributed by atoms with Gasteiger partial charge >= 0.3 is 68.5 Å². The van der Waals surface area contributed by atoms with Crippen LogP contribution < -0.4 is 0 Å². The summed E-state index contributed by atoms with van der Waals surface area (Å²) in [5.74, 6) is -13.3. The lowest BCUT2D eigenvalue weighted by atomic mass is 9.71. The van der Waals surface area contributed by atoms with Gasteiger partial charge in [0.1, 0.15) is 67.6 Å². The second-order valence-electron chi connectivity index (χ2n) is 32.0. The van der Waals surface area contributed by atoms with Crippen LogP contribution in [0.1, 0.15) is 73.6 Å². The monoisotopic (exact) mass is 1900 g/mol. The third-order valence-corrected chi connectivity index (χ3v) is 25.6. The van der Waals surface area contributed by atoms with Crippen LogP contribution in [0.5, 0.6) is 0 Å². The van der Waals surface area contributed by atoms with Crippen LogP contribution in [0.4, 0.5) is 0 Å². The van der Waals surface area contributed by atoms with Crippen molar-refractivity contribution in [2.24, 2.45) is 47.3 Å². The molecule has 0 saturated carbocycles. The van der Waals surface area contributed by atoms with Crippen molar-refractivity contribution < 1.29 is 200 Å². The number of hydrogen-bond acceptors (Lipinski definition) is 32. The zero-order valence-corrected chi connectivity index (χ0v) is 74.0. The Balaban J connectivity index is 0.000000193. The molecule has 12 rings (SSSR count). The molecule has 702 valence electrons.